The topological polar surface area (TPSA) is 40.5 Å². The summed E-state index contributed by atoms with van der Waals surface area (Å²) in [5, 5.41) is 19.9. The smallest absolute Gasteiger partial charge is 0.0827 e. The van der Waals surface area contributed by atoms with Crippen molar-refractivity contribution in [2.24, 2.45) is 5.92 Å². The van der Waals surface area contributed by atoms with Gasteiger partial charge in [-0.25, -0.2) is 0 Å². The first kappa shape index (κ1) is 15.9. The van der Waals surface area contributed by atoms with Gasteiger partial charge in [-0.1, -0.05) is 59.3 Å². The van der Waals surface area contributed by atoms with Crippen molar-refractivity contribution in [2.75, 3.05) is 0 Å². The van der Waals surface area contributed by atoms with Gasteiger partial charge in [-0.15, -0.1) is 0 Å². The molecule has 98 valence electrons. The summed E-state index contributed by atoms with van der Waals surface area (Å²) in [4.78, 5) is 0. The molecule has 2 N–H and O–H groups in total. The van der Waals surface area contributed by atoms with Crippen LogP contribution in [0.3, 0.4) is 0 Å². The second kappa shape index (κ2) is 10.1. The summed E-state index contributed by atoms with van der Waals surface area (Å²) in [7, 11) is 0. The number of hydrogen-bond acceptors (Lipinski definition) is 2. The van der Waals surface area contributed by atoms with Crippen molar-refractivity contribution in [3.05, 3.63) is 0 Å². The molecule has 0 saturated carbocycles. The van der Waals surface area contributed by atoms with E-state index in [1.165, 1.54) is 0 Å². The third-order valence-corrected chi connectivity index (χ3v) is 3.43. The molecule has 0 aliphatic rings. The first-order valence-corrected chi connectivity index (χ1v) is 7.03. The van der Waals surface area contributed by atoms with Crippen LogP contribution in [-0.4, -0.2) is 22.4 Å². The number of aliphatic hydroxyl groups excluding tert-OH is 2. The van der Waals surface area contributed by atoms with Crippen molar-refractivity contribution < 1.29 is 10.2 Å². The molecule has 0 heterocycles. The number of rotatable bonds is 10. The standard InChI is InChI=1S/C14H30O2/c1-4-7-9-11-13(15)14(16)12(6-3)10-8-5-2/h12-16H,4-11H2,1-3H3. The highest BCUT2D eigenvalue weighted by molar-refractivity contribution is 4.75. The van der Waals surface area contributed by atoms with E-state index < -0.39 is 12.2 Å². The summed E-state index contributed by atoms with van der Waals surface area (Å²) in [5.74, 6) is 0.275. The van der Waals surface area contributed by atoms with Gasteiger partial charge in [0, 0.05) is 0 Å². The van der Waals surface area contributed by atoms with E-state index in [-0.39, 0.29) is 5.92 Å². The highest BCUT2D eigenvalue weighted by atomic mass is 16.3. The van der Waals surface area contributed by atoms with E-state index in [1.807, 2.05) is 0 Å². The Morgan fingerprint density at radius 2 is 1.44 bits per heavy atom. The minimum Gasteiger partial charge on any atom is -0.390 e. The predicted octanol–water partition coefficient (Wildman–Crippen LogP) is 3.50. The molecule has 0 aromatic carbocycles. The maximum Gasteiger partial charge on any atom is 0.0827 e. The summed E-state index contributed by atoms with van der Waals surface area (Å²) in [6.07, 6.45) is 7.36. The third kappa shape index (κ3) is 6.49. The van der Waals surface area contributed by atoms with Crippen LogP contribution >= 0.6 is 0 Å². The van der Waals surface area contributed by atoms with Gasteiger partial charge < -0.3 is 10.2 Å². The monoisotopic (exact) mass is 230 g/mol. The fourth-order valence-electron chi connectivity index (χ4n) is 2.17. The zero-order chi connectivity index (χ0) is 12.4. The van der Waals surface area contributed by atoms with E-state index in [2.05, 4.69) is 20.8 Å². The van der Waals surface area contributed by atoms with Crippen LogP contribution in [0, 0.1) is 5.92 Å². The molecule has 2 heteroatoms. The summed E-state index contributed by atoms with van der Waals surface area (Å²) in [6.45, 7) is 6.41. The van der Waals surface area contributed by atoms with Crippen LogP contribution in [0.2, 0.25) is 0 Å². The number of unbranched alkanes of at least 4 members (excludes halogenated alkanes) is 3. The van der Waals surface area contributed by atoms with Crippen LogP contribution in [0.4, 0.5) is 0 Å². The molecule has 0 aliphatic heterocycles. The molecule has 0 amide bonds. The quantitative estimate of drug-likeness (QED) is 0.564. The average Bonchev–Trinajstić information content (AvgIpc) is 2.30. The molecule has 0 radical (unpaired) electrons. The Hall–Kier alpha value is -0.0800. The van der Waals surface area contributed by atoms with Gasteiger partial charge in [0.15, 0.2) is 0 Å². The van der Waals surface area contributed by atoms with Crippen molar-refractivity contribution in [2.45, 2.75) is 84.3 Å². The van der Waals surface area contributed by atoms with E-state index >= 15 is 0 Å². The molecule has 0 aromatic heterocycles. The minimum atomic E-state index is -0.520. The molecule has 0 bridgehead atoms. The van der Waals surface area contributed by atoms with E-state index in [0.717, 1.165) is 51.4 Å². The summed E-state index contributed by atoms with van der Waals surface area (Å²) >= 11 is 0. The summed E-state index contributed by atoms with van der Waals surface area (Å²) < 4.78 is 0. The minimum absolute atomic E-state index is 0.275. The van der Waals surface area contributed by atoms with Gasteiger partial charge in [-0.2, -0.15) is 0 Å². The van der Waals surface area contributed by atoms with Crippen LogP contribution in [0.1, 0.15) is 72.1 Å². The molecule has 0 saturated heterocycles. The first-order chi connectivity index (χ1) is 7.67. The lowest BCUT2D eigenvalue weighted by atomic mass is 9.88. The normalized spacial score (nSPS) is 17.1. The molecular weight excluding hydrogens is 200 g/mol. The zero-order valence-corrected chi connectivity index (χ0v) is 11.3. The van der Waals surface area contributed by atoms with Crippen LogP contribution < -0.4 is 0 Å². The van der Waals surface area contributed by atoms with Gasteiger partial charge in [-0.3, -0.25) is 0 Å². The summed E-state index contributed by atoms with van der Waals surface area (Å²) in [5.41, 5.74) is 0. The fraction of sp³-hybridized carbons (Fsp3) is 1.00. The van der Waals surface area contributed by atoms with Gasteiger partial charge in [0.25, 0.3) is 0 Å². The molecule has 16 heavy (non-hydrogen) atoms. The molecule has 2 nitrogen and oxygen atoms in total. The average molecular weight is 230 g/mol. The third-order valence-electron chi connectivity index (χ3n) is 3.43. The highest BCUT2D eigenvalue weighted by Gasteiger charge is 2.23. The molecule has 0 fully saturated rings. The Balaban J connectivity index is 3.90. The predicted molar refractivity (Wildman–Crippen MR) is 69.5 cm³/mol. The van der Waals surface area contributed by atoms with E-state index in [0.29, 0.717) is 0 Å². The van der Waals surface area contributed by atoms with Crippen molar-refractivity contribution in [3.63, 3.8) is 0 Å². The Morgan fingerprint density at radius 1 is 0.812 bits per heavy atom. The summed E-state index contributed by atoms with van der Waals surface area (Å²) in [6, 6.07) is 0. The lowest BCUT2D eigenvalue weighted by Gasteiger charge is -2.26. The zero-order valence-electron chi connectivity index (χ0n) is 11.3. The molecule has 0 aromatic rings. The lowest BCUT2D eigenvalue weighted by Crippen LogP contribution is -2.33. The SMILES string of the molecule is CCCCCC(O)C(O)C(CC)CCCC. The fourth-order valence-corrected chi connectivity index (χ4v) is 2.17. The molecule has 0 aliphatic carbocycles. The van der Waals surface area contributed by atoms with E-state index in [9.17, 15) is 10.2 Å². The Kier molecular flexibility index (Phi) is 10.0. The second-order valence-corrected chi connectivity index (χ2v) is 4.86. The van der Waals surface area contributed by atoms with Gasteiger partial charge in [-0.05, 0) is 18.8 Å². The molecule has 0 rings (SSSR count). The number of hydrogen-bond donors (Lipinski definition) is 2. The first-order valence-electron chi connectivity index (χ1n) is 7.03. The molecule has 3 atom stereocenters. The van der Waals surface area contributed by atoms with E-state index in [4.69, 9.17) is 0 Å². The van der Waals surface area contributed by atoms with Crippen molar-refractivity contribution in [3.8, 4) is 0 Å². The Bertz CT molecular complexity index is 148. The van der Waals surface area contributed by atoms with Crippen LogP contribution in [0.25, 0.3) is 0 Å². The van der Waals surface area contributed by atoms with Crippen molar-refractivity contribution in [1.82, 2.24) is 0 Å². The van der Waals surface area contributed by atoms with Crippen molar-refractivity contribution in [1.29, 1.82) is 0 Å². The second-order valence-electron chi connectivity index (χ2n) is 4.86. The van der Waals surface area contributed by atoms with Gasteiger partial charge in [0.1, 0.15) is 0 Å². The van der Waals surface area contributed by atoms with Crippen LogP contribution in [-0.2, 0) is 0 Å². The maximum absolute atomic E-state index is 10.1. The van der Waals surface area contributed by atoms with Gasteiger partial charge >= 0.3 is 0 Å². The molecular formula is C14H30O2. The molecule has 3 unspecified atom stereocenters. The van der Waals surface area contributed by atoms with Crippen LogP contribution in [0.15, 0.2) is 0 Å². The van der Waals surface area contributed by atoms with Crippen molar-refractivity contribution >= 4 is 0 Å². The Morgan fingerprint density at radius 3 is 1.94 bits per heavy atom. The lowest BCUT2D eigenvalue weighted by molar-refractivity contribution is -0.0258. The van der Waals surface area contributed by atoms with Gasteiger partial charge in [0.05, 0.1) is 12.2 Å². The van der Waals surface area contributed by atoms with Gasteiger partial charge in [0.2, 0.25) is 0 Å². The maximum atomic E-state index is 10.1. The van der Waals surface area contributed by atoms with E-state index in [1.54, 1.807) is 0 Å². The highest BCUT2D eigenvalue weighted by Crippen LogP contribution is 2.21. The largest absolute Gasteiger partial charge is 0.390 e. The number of aliphatic hydroxyl groups is 2. The van der Waals surface area contributed by atoms with Crippen LogP contribution in [0.5, 0.6) is 0 Å². The molecule has 0 spiro atoms. The Labute approximate surface area is 101 Å².